The van der Waals surface area contributed by atoms with E-state index in [1.165, 1.54) is 36.4 Å². The van der Waals surface area contributed by atoms with E-state index in [9.17, 15) is 24.6 Å². The van der Waals surface area contributed by atoms with Crippen LogP contribution in [0, 0.1) is 0 Å². The molecule has 0 spiro atoms. The molecule has 0 radical (unpaired) electrons. The smallest absolute Gasteiger partial charge is 0.545 e. The largest absolute Gasteiger partial charge is 1.00 e. The van der Waals surface area contributed by atoms with E-state index in [0.717, 1.165) is 5.56 Å². The number of hydrogen-bond donors (Lipinski definition) is 3. The molecule has 3 aromatic rings. The molecule has 0 aliphatic carbocycles. The van der Waals surface area contributed by atoms with Crippen LogP contribution >= 0.6 is 0 Å². The Kier molecular flexibility index (Phi) is 8.81. The standard InChI is InChI=1S/C23H20N2O5.Na/c26-19-12-6-15(7-13-19)14-20(25-21(27)16-4-2-1-3-5-16)22(28)24-18-10-8-17(9-11-18)23(29)30;/h1-13,20,26H,14H2,(H,24,28)(H,25,27)(H,29,30);/q;+1/p-1/t20-;/m0./s1. The van der Waals surface area contributed by atoms with Gasteiger partial charge in [-0.25, -0.2) is 0 Å². The van der Waals surface area contributed by atoms with E-state index in [2.05, 4.69) is 10.6 Å². The van der Waals surface area contributed by atoms with Crippen molar-refractivity contribution in [3.63, 3.8) is 0 Å². The van der Waals surface area contributed by atoms with E-state index >= 15 is 0 Å². The Labute approximate surface area is 201 Å². The molecule has 0 aromatic heterocycles. The van der Waals surface area contributed by atoms with Crippen molar-refractivity contribution in [3.05, 3.63) is 95.6 Å². The molecule has 0 aliphatic heterocycles. The molecular weight excluding hydrogens is 407 g/mol. The first-order valence-electron chi connectivity index (χ1n) is 9.18. The zero-order valence-corrected chi connectivity index (χ0v) is 18.9. The third-order valence-corrected chi connectivity index (χ3v) is 4.42. The van der Waals surface area contributed by atoms with Gasteiger partial charge in [0.1, 0.15) is 11.8 Å². The van der Waals surface area contributed by atoms with Crippen molar-refractivity contribution in [2.45, 2.75) is 12.5 Å². The van der Waals surface area contributed by atoms with Crippen molar-refractivity contribution < 1.29 is 54.2 Å². The molecule has 0 bridgehead atoms. The number of phenols is 1. The second-order valence-electron chi connectivity index (χ2n) is 6.62. The predicted octanol–water partition coefficient (Wildman–Crippen LogP) is -1.26. The van der Waals surface area contributed by atoms with Crippen LogP contribution in [0.2, 0.25) is 0 Å². The quantitative estimate of drug-likeness (QED) is 0.408. The molecule has 3 aromatic carbocycles. The maximum absolute atomic E-state index is 12.9. The fourth-order valence-corrected chi connectivity index (χ4v) is 2.83. The van der Waals surface area contributed by atoms with Crippen molar-refractivity contribution in [2.24, 2.45) is 0 Å². The summed E-state index contributed by atoms with van der Waals surface area (Å²) in [6, 6.07) is 19.5. The Bertz CT molecular complexity index is 1040. The van der Waals surface area contributed by atoms with Gasteiger partial charge in [-0.3, -0.25) is 9.59 Å². The van der Waals surface area contributed by atoms with Crippen LogP contribution in [0.4, 0.5) is 5.69 Å². The summed E-state index contributed by atoms with van der Waals surface area (Å²) < 4.78 is 0. The average molecular weight is 426 g/mol. The number of aromatic hydroxyl groups is 1. The number of carboxylic acids is 1. The Hall–Kier alpha value is -3.13. The number of anilines is 1. The molecule has 1 atom stereocenters. The van der Waals surface area contributed by atoms with E-state index in [4.69, 9.17) is 0 Å². The van der Waals surface area contributed by atoms with E-state index in [-0.39, 0.29) is 47.3 Å². The Morgan fingerprint density at radius 3 is 2.03 bits per heavy atom. The van der Waals surface area contributed by atoms with Crippen LogP contribution in [0.3, 0.4) is 0 Å². The zero-order chi connectivity index (χ0) is 21.5. The fraction of sp³-hybridized carbons (Fsp3) is 0.0870. The second-order valence-corrected chi connectivity index (χ2v) is 6.62. The van der Waals surface area contributed by atoms with Gasteiger partial charge >= 0.3 is 29.6 Å². The van der Waals surface area contributed by atoms with Crippen molar-refractivity contribution in [1.29, 1.82) is 0 Å². The van der Waals surface area contributed by atoms with Crippen LogP contribution < -0.4 is 45.3 Å². The van der Waals surface area contributed by atoms with Crippen LogP contribution in [0.15, 0.2) is 78.9 Å². The second kappa shape index (κ2) is 11.3. The van der Waals surface area contributed by atoms with Crippen molar-refractivity contribution in [1.82, 2.24) is 5.32 Å². The van der Waals surface area contributed by atoms with Gasteiger partial charge in [0.25, 0.3) is 5.91 Å². The number of carbonyl (C=O) groups excluding carboxylic acids is 3. The van der Waals surface area contributed by atoms with E-state index in [1.807, 2.05) is 0 Å². The van der Waals surface area contributed by atoms with Crippen molar-refractivity contribution >= 4 is 23.5 Å². The van der Waals surface area contributed by atoms with Crippen LogP contribution in [-0.4, -0.2) is 28.9 Å². The Balaban J connectivity index is 0.00000341. The number of amides is 2. The van der Waals surface area contributed by atoms with Gasteiger partial charge in [0.15, 0.2) is 0 Å². The number of benzene rings is 3. The van der Waals surface area contributed by atoms with Gasteiger partial charge in [-0.1, -0.05) is 42.5 Å². The molecule has 152 valence electrons. The van der Waals surface area contributed by atoms with Crippen molar-refractivity contribution in [2.75, 3.05) is 5.32 Å². The molecule has 0 saturated carbocycles. The zero-order valence-electron chi connectivity index (χ0n) is 16.9. The molecule has 0 fully saturated rings. The van der Waals surface area contributed by atoms with Gasteiger partial charge in [-0.05, 0) is 47.5 Å². The summed E-state index contributed by atoms with van der Waals surface area (Å²) in [7, 11) is 0. The summed E-state index contributed by atoms with van der Waals surface area (Å²) in [5, 5.41) is 25.7. The summed E-state index contributed by atoms with van der Waals surface area (Å²) in [6.45, 7) is 0. The minimum atomic E-state index is -1.31. The normalized spacial score (nSPS) is 11.0. The third kappa shape index (κ3) is 6.96. The first kappa shape index (κ1) is 24.1. The minimum absolute atomic E-state index is 0. The summed E-state index contributed by atoms with van der Waals surface area (Å²) in [5.41, 5.74) is 1.54. The van der Waals surface area contributed by atoms with Gasteiger partial charge in [0.05, 0.1) is 5.97 Å². The predicted molar refractivity (Wildman–Crippen MR) is 109 cm³/mol. The first-order valence-corrected chi connectivity index (χ1v) is 9.18. The van der Waals surface area contributed by atoms with Gasteiger partial charge in [-0.15, -0.1) is 0 Å². The molecule has 3 rings (SSSR count). The van der Waals surface area contributed by atoms with Gasteiger partial charge in [0.2, 0.25) is 5.91 Å². The topological polar surface area (TPSA) is 119 Å². The van der Waals surface area contributed by atoms with Crippen LogP contribution in [0.5, 0.6) is 5.75 Å². The number of aromatic carboxylic acids is 1. The van der Waals surface area contributed by atoms with Gasteiger partial charge < -0.3 is 25.6 Å². The van der Waals surface area contributed by atoms with Crippen LogP contribution in [0.1, 0.15) is 26.3 Å². The molecule has 8 heteroatoms. The third-order valence-electron chi connectivity index (χ3n) is 4.42. The molecule has 0 unspecified atom stereocenters. The van der Waals surface area contributed by atoms with E-state index < -0.39 is 23.8 Å². The molecule has 3 N–H and O–H groups in total. The molecule has 0 heterocycles. The minimum Gasteiger partial charge on any atom is -0.545 e. The summed E-state index contributed by atoms with van der Waals surface area (Å²) in [6.07, 6.45) is 0.196. The Morgan fingerprint density at radius 1 is 0.839 bits per heavy atom. The number of phenolic OH excluding ortho intramolecular Hbond substituents is 1. The van der Waals surface area contributed by atoms with Gasteiger partial charge in [0, 0.05) is 17.7 Å². The maximum Gasteiger partial charge on any atom is 1.00 e. The molecule has 0 saturated heterocycles. The molecule has 7 nitrogen and oxygen atoms in total. The fourth-order valence-electron chi connectivity index (χ4n) is 2.83. The monoisotopic (exact) mass is 426 g/mol. The number of carbonyl (C=O) groups is 3. The number of hydrogen-bond acceptors (Lipinski definition) is 5. The van der Waals surface area contributed by atoms with E-state index in [1.54, 1.807) is 42.5 Å². The summed E-state index contributed by atoms with van der Waals surface area (Å²) >= 11 is 0. The maximum atomic E-state index is 12.9. The summed E-state index contributed by atoms with van der Waals surface area (Å²) in [4.78, 5) is 36.3. The molecular formula is C23H19N2NaO5. The molecule has 2 amide bonds. The van der Waals surface area contributed by atoms with Gasteiger partial charge in [-0.2, -0.15) is 0 Å². The first-order chi connectivity index (χ1) is 14.4. The Morgan fingerprint density at radius 2 is 1.45 bits per heavy atom. The van der Waals surface area contributed by atoms with E-state index in [0.29, 0.717) is 11.3 Å². The van der Waals surface area contributed by atoms with Crippen LogP contribution in [-0.2, 0) is 11.2 Å². The van der Waals surface area contributed by atoms with Crippen molar-refractivity contribution in [3.8, 4) is 5.75 Å². The average Bonchev–Trinajstić information content (AvgIpc) is 2.75. The molecule has 31 heavy (non-hydrogen) atoms. The number of carboxylic acid groups (broad SMARTS) is 1. The number of rotatable bonds is 7. The summed E-state index contributed by atoms with van der Waals surface area (Å²) in [5.74, 6) is -2.08. The molecule has 0 aliphatic rings. The van der Waals surface area contributed by atoms with Crippen LogP contribution in [0.25, 0.3) is 0 Å². The SMILES string of the molecule is O=C([O-])c1ccc(NC(=O)[C@H](Cc2ccc(O)cc2)NC(=O)c2ccccc2)cc1.[Na+]. The number of nitrogens with one attached hydrogen (secondary N) is 2.